The van der Waals surface area contributed by atoms with Crippen molar-refractivity contribution in [1.29, 1.82) is 0 Å². The minimum atomic E-state index is 0.829. The van der Waals surface area contributed by atoms with E-state index in [0.29, 0.717) is 0 Å². The summed E-state index contributed by atoms with van der Waals surface area (Å²) in [5.74, 6) is 1.67. The van der Waals surface area contributed by atoms with Crippen LogP contribution in [0.1, 0.15) is 0 Å². The summed E-state index contributed by atoms with van der Waals surface area (Å²) >= 11 is 3.52. The van der Waals surface area contributed by atoms with Crippen LogP contribution in [0.3, 0.4) is 0 Å². The van der Waals surface area contributed by atoms with E-state index in [0.717, 1.165) is 26.7 Å². The first-order chi connectivity index (χ1) is 7.26. The average molecular weight is 267 g/mol. The fourth-order valence-electron chi connectivity index (χ4n) is 1.53. The topological polar surface area (TPSA) is 18.5 Å². The Morgan fingerprint density at radius 3 is 2.40 bits per heavy atom. The van der Waals surface area contributed by atoms with E-state index in [4.69, 9.17) is 9.47 Å². The van der Waals surface area contributed by atoms with E-state index in [9.17, 15) is 0 Å². The molecule has 0 aliphatic heterocycles. The third kappa shape index (κ3) is 1.79. The Kier molecular flexibility index (Phi) is 2.82. The number of hydrogen-bond donors (Lipinski definition) is 0. The van der Waals surface area contributed by atoms with E-state index in [-0.39, 0.29) is 0 Å². The maximum Gasteiger partial charge on any atom is 0.133 e. The van der Waals surface area contributed by atoms with Crippen molar-refractivity contribution < 1.29 is 9.47 Å². The second-order valence-electron chi connectivity index (χ2n) is 3.17. The van der Waals surface area contributed by atoms with Gasteiger partial charge < -0.3 is 9.47 Å². The summed E-state index contributed by atoms with van der Waals surface area (Å²) in [5, 5.41) is 2.25. The Morgan fingerprint density at radius 1 is 1.00 bits per heavy atom. The fraction of sp³-hybridized carbons (Fsp3) is 0.167. The Balaban J connectivity index is 2.72. The summed E-state index contributed by atoms with van der Waals surface area (Å²) in [5.41, 5.74) is 0. The van der Waals surface area contributed by atoms with E-state index < -0.39 is 0 Å². The third-order valence-corrected chi connectivity index (χ3v) is 3.17. The summed E-state index contributed by atoms with van der Waals surface area (Å²) in [6, 6.07) is 9.93. The molecule has 0 atom stereocenters. The number of methoxy groups -OCH3 is 2. The normalized spacial score (nSPS) is 10.3. The predicted octanol–water partition coefficient (Wildman–Crippen LogP) is 3.62. The molecular formula is C12H11BrO2. The third-order valence-electron chi connectivity index (χ3n) is 2.35. The molecule has 78 valence electrons. The van der Waals surface area contributed by atoms with Crippen LogP contribution in [0.15, 0.2) is 34.8 Å². The number of fused-ring (bicyclic) bond motifs is 1. The Bertz CT molecular complexity index is 489. The van der Waals surface area contributed by atoms with Gasteiger partial charge in [0.1, 0.15) is 11.5 Å². The van der Waals surface area contributed by atoms with E-state index >= 15 is 0 Å². The first-order valence-corrected chi connectivity index (χ1v) is 5.36. The van der Waals surface area contributed by atoms with Gasteiger partial charge in [0.05, 0.1) is 18.7 Å². The molecule has 0 N–H and O–H groups in total. The number of benzene rings is 2. The van der Waals surface area contributed by atoms with Crippen LogP contribution in [0.25, 0.3) is 10.8 Å². The molecule has 2 aromatic rings. The van der Waals surface area contributed by atoms with Crippen molar-refractivity contribution in [2.75, 3.05) is 14.2 Å². The van der Waals surface area contributed by atoms with E-state index in [2.05, 4.69) is 15.9 Å². The second kappa shape index (κ2) is 4.11. The molecule has 0 fully saturated rings. The summed E-state index contributed by atoms with van der Waals surface area (Å²) in [4.78, 5) is 0. The van der Waals surface area contributed by atoms with Crippen molar-refractivity contribution in [2.45, 2.75) is 0 Å². The molecule has 0 saturated carbocycles. The van der Waals surface area contributed by atoms with Crippen LogP contribution in [0, 0.1) is 0 Å². The molecule has 0 amide bonds. The minimum absolute atomic E-state index is 0.829. The van der Waals surface area contributed by atoms with Crippen molar-refractivity contribution in [3.8, 4) is 11.5 Å². The highest BCUT2D eigenvalue weighted by atomic mass is 79.9. The maximum atomic E-state index is 5.24. The fourth-order valence-corrected chi connectivity index (χ4v) is 2.16. The summed E-state index contributed by atoms with van der Waals surface area (Å²) in [7, 11) is 3.32. The molecule has 0 radical (unpaired) electrons. The first-order valence-electron chi connectivity index (χ1n) is 4.56. The quantitative estimate of drug-likeness (QED) is 0.827. The lowest BCUT2D eigenvalue weighted by molar-refractivity contribution is 0.412. The smallest absolute Gasteiger partial charge is 0.133 e. The Labute approximate surface area is 96.9 Å². The second-order valence-corrected chi connectivity index (χ2v) is 3.96. The van der Waals surface area contributed by atoms with Crippen molar-refractivity contribution >= 4 is 26.7 Å². The molecule has 0 aromatic heterocycles. The monoisotopic (exact) mass is 266 g/mol. The van der Waals surface area contributed by atoms with Gasteiger partial charge in [-0.05, 0) is 39.5 Å². The molecular weight excluding hydrogens is 256 g/mol. The predicted molar refractivity (Wildman–Crippen MR) is 64.8 cm³/mol. The van der Waals surface area contributed by atoms with Crippen LogP contribution in [0.5, 0.6) is 11.5 Å². The van der Waals surface area contributed by atoms with Gasteiger partial charge in [0, 0.05) is 5.39 Å². The van der Waals surface area contributed by atoms with Gasteiger partial charge in [0.25, 0.3) is 0 Å². The van der Waals surface area contributed by atoms with E-state index in [1.165, 1.54) is 0 Å². The molecule has 0 saturated heterocycles. The van der Waals surface area contributed by atoms with Gasteiger partial charge in [0.15, 0.2) is 0 Å². The molecule has 3 heteroatoms. The van der Waals surface area contributed by atoms with Crippen LogP contribution in [0.2, 0.25) is 0 Å². The van der Waals surface area contributed by atoms with Crippen molar-refractivity contribution in [3.63, 3.8) is 0 Å². The molecule has 0 aliphatic carbocycles. The van der Waals surface area contributed by atoms with Crippen molar-refractivity contribution in [1.82, 2.24) is 0 Å². The van der Waals surface area contributed by atoms with E-state index in [1.54, 1.807) is 14.2 Å². The molecule has 0 spiro atoms. The van der Waals surface area contributed by atoms with Crippen molar-refractivity contribution in [3.05, 3.63) is 34.8 Å². The van der Waals surface area contributed by atoms with Crippen LogP contribution in [0.4, 0.5) is 0 Å². The highest BCUT2D eigenvalue weighted by molar-refractivity contribution is 9.10. The summed E-state index contributed by atoms with van der Waals surface area (Å²) in [6.07, 6.45) is 0. The number of ether oxygens (including phenoxy) is 2. The Hall–Kier alpha value is -1.22. The first kappa shape index (κ1) is 10.3. The molecule has 0 heterocycles. The van der Waals surface area contributed by atoms with Gasteiger partial charge in [-0.15, -0.1) is 0 Å². The minimum Gasteiger partial charge on any atom is -0.497 e. The highest BCUT2D eigenvalue weighted by Gasteiger charge is 2.05. The molecule has 15 heavy (non-hydrogen) atoms. The number of halogens is 1. The van der Waals surface area contributed by atoms with Gasteiger partial charge in [-0.3, -0.25) is 0 Å². The lowest BCUT2D eigenvalue weighted by Gasteiger charge is -2.08. The van der Waals surface area contributed by atoms with Crippen LogP contribution in [-0.2, 0) is 0 Å². The molecule has 2 nitrogen and oxygen atoms in total. The van der Waals surface area contributed by atoms with Crippen LogP contribution < -0.4 is 9.47 Å². The maximum absolute atomic E-state index is 5.24. The molecule has 0 aliphatic rings. The van der Waals surface area contributed by atoms with Gasteiger partial charge in [0.2, 0.25) is 0 Å². The van der Waals surface area contributed by atoms with Crippen molar-refractivity contribution in [2.24, 2.45) is 0 Å². The van der Waals surface area contributed by atoms with Gasteiger partial charge in [-0.25, -0.2) is 0 Å². The van der Waals surface area contributed by atoms with Crippen LogP contribution >= 0.6 is 15.9 Å². The average Bonchev–Trinajstić information content (AvgIpc) is 2.29. The van der Waals surface area contributed by atoms with Crippen LogP contribution in [-0.4, -0.2) is 14.2 Å². The van der Waals surface area contributed by atoms with Gasteiger partial charge >= 0.3 is 0 Å². The van der Waals surface area contributed by atoms with Gasteiger partial charge in [-0.1, -0.05) is 12.1 Å². The SMILES string of the molecule is COc1ccc2ccc(OC)c(Br)c2c1. The number of rotatable bonds is 2. The number of hydrogen-bond acceptors (Lipinski definition) is 2. The zero-order valence-electron chi connectivity index (χ0n) is 8.58. The Morgan fingerprint density at radius 2 is 1.73 bits per heavy atom. The summed E-state index contributed by atoms with van der Waals surface area (Å²) < 4.78 is 11.4. The lowest BCUT2D eigenvalue weighted by Crippen LogP contribution is -1.87. The zero-order chi connectivity index (χ0) is 10.8. The molecule has 2 rings (SSSR count). The standard InChI is InChI=1S/C12H11BrO2/c1-14-9-5-3-8-4-6-11(15-2)12(13)10(8)7-9/h3-7H,1-2H3. The van der Waals surface area contributed by atoms with E-state index in [1.807, 2.05) is 30.3 Å². The molecule has 0 bridgehead atoms. The zero-order valence-corrected chi connectivity index (χ0v) is 10.2. The van der Waals surface area contributed by atoms with Gasteiger partial charge in [-0.2, -0.15) is 0 Å². The highest BCUT2D eigenvalue weighted by Crippen LogP contribution is 2.34. The lowest BCUT2D eigenvalue weighted by atomic mass is 10.1. The molecule has 2 aromatic carbocycles. The summed E-state index contributed by atoms with van der Waals surface area (Å²) in [6.45, 7) is 0. The molecule has 0 unspecified atom stereocenters. The largest absolute Gasteiger partial charge is 0.497 e.